The number of amides is 1. The van der Waals surface area contributed by atoms with Crippen LogP contribution in [0, 0.1) is 0 Å². The molecule has 1 aliphatic rings. The predicted octanol–water partition coefficient (Wildman–Crippen LogP) is 2.25. The summed E-state index contributed by atoms with van der Waals surface area (Å²) in [6, 6.07) is 0. The van der Waals surface area contributed by atoms with E-state index < -0.39 is 0 Å². The highest BCUT2D eigenvalue weighted by Crippen LogP contribution is 2.20. The van der Waals surface area contributed by atoms with Crippen molar-refractivity contribution in [1.29, 1.82) is 0 Å². The maximum atomic E-state index is 12.2. The van der Waals surface area contributed by atoms with Crippen LogP contribution in [0.25, 0.3) is 4.96 Å². The molecule has 0 N–H and O–H groups in total. The molecule has 2 aromatic heterocycles. The minimum absolute atomic E-state index is 0.254. The van der Waals surface area contributed by atoms with Crippen LogP contribution in [0.15, 0.2) is 0 Å². The molecule has 2 aromatic rings. The predicted molar refractivity (Wildman–Crippen MR) is 81.5 cm³/mol. The number of piperidine rings is 1. The van der Waals surface area contributed by atoms with Crippen molar-refractivity contribution in [3.8, 4) is 0 Å². The monoisotopic (exact) mass is 307 g/mol. The van der Waals surface area contributed by atoms with Crippen LogP contribution in [0.2, 0.25) is 0 Å². The molecule has 0 atom stereocenters. The number of likely N-dealkylation sites (tertiary alicyclic amines) is 1. The Morgan fingerprint density at radius 2 is 2.00 bits per heavy atom. The first kappa shape index (κ1) is 14.4. The van der Waals surface area contributed by atoms with Gasteiger partial charge in [-0.1, -0.05) is 25.2 Å². The molecule has 114 valence electrons. The molecule has 7 heteroatoms. The van der Waals surface area contributed by atoms with Crippen LogP contribution in [0.3, 0.4) is 0 Å². The smallest absolute Gasteiger partial charge is 0.234 e. The molecular formula is C14H21N5OS. The Balaban J connectivity index is 1.63. The summed E-state index contributed by atoms with van der Waals surface area (Å²) in [5.41, 5.74) is 0. The van der Waals surface area contributed by atoms with Gasteiger partial charge in [-0.05, 0) is 19.3 Å². The van der Waals surface area contributed by atoms with Crippen LogP contribution >= 0.6 is 11.3 Å². The second kappa shape index (κ2) is 6.09. The van der Waals surface area contributed by atoms with Crippen molar-refractivity contribution in [1.82, 2.24) is 24.7 Å². The molecule has 0 aliphatic carbocycles. The second-order valence-corrected chi connectivity index (χ2v) is 6.89. The van der Waals surface area contributed by atoms with Gasteiger partial charge >= 0.3 is 0 Å². The lowest BCUT2D eigenvalue weighted by atomic mass is 10.1. The van der Waals surface area contributed by atoms with Crippen molar-refractivity contribution in [3.63, 3.8) is 0 Å². The minimum atomic E-state index is 0.254. The zero-order valence-electron chi connectivity index (χ0n) is 12.6. The lowest BCUT2D eigenvalue weighted by molar-refractivity contribution is -0.132. The third kappa shape index (κ3) is 3.07. The van der Waals surface area contributed by atoms with Crippen molar-refractivity contribution >= 4 is 22.2 Å². The summed E-state index contributed by atoms with van der Waals surface area (Å²) in [7, 11) is 0. The van der Waals surface area contributed by atoms with Crippen LogP contribution < -0.4 is 0 Å². The minimum Gasteiger partial charge on any atom is -0.343 e. The third-order valence-corrected chi connectivity index (χ3v) is 4.79. The Morgan fingerprint density at radius 3 is 2.71 bits per heavy atom. The van der Waals surface area contributed by atoms with Gasteiger partial charge in [0.15, 0.2) is 5.82 Å². The highest BCUT2D eigenvalue weighted by atomic mass is 32.1. The van der Waals surface area contributed by atoms with Crippen molar-refractivity contribution in [2.24, 2.45) is 0 Å². The van der Waals surface area contributed by atoms with E-state index in [1.54, 1.807) is 0 Å². The molecule has 0 radical (unpaired) electrons. The zero-order valence-corrected chi connectivity index (χ0v) is 13.4. The van der Waals surface area contributed by atoms with Gasteiger partial charge in [-0.2, -0.15) is 9.61 Å². The van der Waals surface area contributed by atoms with E-state index in [2.05, 4.69) is 29.1 Å². The van der Waals surface area contributed by atoms with E-state index in [1.807, 2.05) is 9.42 Å². The topological polar surface area (TPSA) is 63.4 Å². The number of nitrogens with zero attached hydrogens (tertiary/aromatic N) is 5. The van der Waals surface area contributed by atoms with E-state index in [9.17, 15) is 4.79 Å². The second-order valence-electron chi connectivity index (χ2n) is 5.84. The number of hydrogen-bond acceptors (Lipinski definition) is 5. The quantitative estimate of drug-likeness (QED) is 0.869. The van der Waals surface area contributed by atoms with Crippen molar-refractivity contribution in [2.45, 2.75) is 51.9 Å². The first-order chi connectivity index (χ1) is 10.1. The number of aryl methyl sites for hydroxylation is 1. The van der Waals surface area contributed by atoms with E-state index in [1.165, 1.54) is 17.8 Å². The van der Waals surface area contributed by atoms with Crippen molar-refractivity contribution < 1.29 is 4.79 Å². The molecule has 6 nitrogen and oxygen atoms in total. The molecule has 21 heavy (non-hydrogen) atoms. The number of rotatable bonds is 4. The summed E-state index contributed by atoms with van der Waals surface area (Å²) in [6.45, 7) is 5.99. The summed E-state index contributed by atoms with van der Waals surface area (Å²) in [5, 5.41) is 13.8. The summed E-state index contributed by atoms with van der Waals surface area (Å²) in [6.07, 6.45) is 4.76. The summed E-state index contributed by atoms with van der Waals surface area (Å²) in [4.78, 5) is 15.0. The molecule has 0 unspecified atom stereocenters. The van der Waals surface area contributed by atoms with E-state index in [0.29, 0.717) is 18.8 Å². The summed E-state index contributed by atoms with van der Waals surface area (Å²) < 4.78 is 1.82. The van der Waals surface area contributed by atoms with Gasteiger partial charge in [0.1, 0.15) is 5.01 Å². The first-order valence-electron chi connectivity index (χ1n) is 7.64. The molecule has 1 saturated heterocycles. The standard InChI is InChI=1S/C14H21N5OS/c1-10(2)13-15-16-14-19(13)17-11(21-14)6-7-12(20)18-8-4-3-5-9-18/h10H,3-9H2,1-2H3. The lowest BCUT2D eigenvalue weighted by Gasteiger charge is -2.26. The molecule has 0 spiro atoms. The lowest BCUT2D eigenvalue weighted by Crippen LogP contribution is -2.35. The summed E-state index contributed by atoms with van der Waals surface area (Å²) >= 11 is 1.53. The van der Waals surface area contributed by atoms with Gasteiger partial charge in [-0.25, -0.2) is 0 Å². The Morgan fingerprint density at radius 1 is 1.24 bits per heavy atom. The Kier molecular flexibility index (Phi) is 4.19. The van der Waals surface area contributed by atoms with Gasteiger partial charge in [-0.15, -0.1) is 10.2 Å². The fourth-order valence-corrected chi connectivity index (χ4v) is 3.49. The van der Waals surface area contributed by atoms with E-state index in [4.69, 9.17) is 0 Å². The molecule has 0 bridgehead atoms. The van der Waals surface area contributed by atoms with Gasteiger partial charge in [0.25, 0.3) is 0 Å². The fraction of sp³-hybridized carbons (Fsp3) is 0.714. The van der Waals surface area contributed by atoms with Crippen LogP contribution in [0.5, 0.6) is 0 Å². The van der Waals surface area contributed by atoms with E-state index >= 15 is 0 Å². The molecular weight excluding hydrogens is 286 g/mol. The van der Waals surface area contributed by atoms with E-state index in [0.717, 1.165) is 41.7 Å². The normalized spacial score (nSPS) is 16.0. The van der Waals surface area contributed by atoms with Gasteiger partial charge in [0, 0.05) is 31.8 Å². The average molecular weight is 307 g/mol. The largest absolute Gasteiger partial charge is 0.343 e. The average Bonchev–Trinajstić information content (AvgIpc) is 3.05. The molecule has 0 aromatic carbocycles. The van der Waals surface area contributed by atoms with Crippen LogP contribution in [0.4, 0.5) is 0 Å². The Bertz CT molecular complexity index is 626. The number of fused-ring (bicyclic) bond motifs is 1. The highest BCUT2D eigenvalue weighted by molar-refractivity contribution is 7.16. The molecule has 1 fully saturated rings. The number of hydrogen-bond donors (Lipinski definition) is 0. The van der Waals surface area contributed by atoms with Crippen molar-refractivity contribution in [3.05, 3.63) is 10.8 Å². The summed E-state index contributed by atoms with van der Waals surface area (Å²) in [5.74, 6) is 1.43. The molecule has 3 rings (SSSR count). The molecule has 1 amide bonds. The van der Waals surface area contributed by atoms with Crippen LogP contribution in [0.1, 0.15) is 56.3 Å². The number of carbonyl (C=O) groups excluding carboxylic acids is 1. The Labute approximate surface area is 128 Å². The molecule has 0 saturated carbocycles. The molecule has 3 heterocycles. The fourth-order valence-electron chi connectivity index (χ4n) is 2.65. The SMILES string of the molecule is CC(C)c1nnc2sc(CCC(=O)N3CCCCC3)nn12. The third-order valence-electron chi connectivity index (χ3n) is 3.83. The van der Waals surface area contributed by atoms with Gasteiger partial charge in [0.05, 0.1) is 0 Å². The Hall–Kier alpha value is -1.50. The number of carbonyl (C=O) groups is 1. The van der Waals surface area contributed by atoms with Gasteiger partial charge in [0.2, 0.25) is 10.9 Å². The van der Waals surface area contributed by atoms with Crippen LogP contribution in [-0.2, 0) is 11.2 Å². The highest BCUT2D eigenvalue weighted by Gasteiger charge is 2.18. The van der Waals surface area contributed by atoms with Crippen LogP contribution in [-0.4, -0.2) is 43.7 Å². The number of aromatic nitrogens is 4. The first-order valence-corrected chi connectivity index (χ1v) is 8.45. The maximum absolute atomic E-state index is 12.2. The zero-order chi connectivity index (χ0) is 14.8. The van der Waals surface area contributed by atoms with Crippen molar-refractivity contribution in [2.75, 3.05) is 13.1 Å². The van der Waals surface area contributed by atoms with Gasteiger partial charge < -0.3 is 4.90 Å². The van der Waals surface area contributed by atoms with E-state index in [-0.39, 0.29) is 5.91 Å². The van der Waals surface area contributed by atoms with Gasteiger partial charge in [-0.3, -0.25) is 4.79 Å². The molecule has 1 aliphatic heterocycles. The maximum Gasteiger partial charge on any atom is 0.234 e.